The predicted octanol–water partition coefficient (Wildman–Crippen LogP) is 3.06. The number of carbonyl (C=O) groups excluding carboxylic acids is 1. The molecule has 2 heterocycles. The van der Waals surface area contributed by atoms with Crippen molar-refractivity contribution in [1.29, 1.82) is 0 Å². The third kappa shape index (κ3) is 5.78. The number of hydrogen-bond donors (Lipinski definition) is 1. The Kier molecular flexibility index (Phi) is 7.54. The van der Waals surface area contributed by atoms with Gasteiger partial charge < -0.3 is 14.6 Å². The number of aryl methyl sites for hydroxylation is 2. The van der Waals surface area contributed by atoms with Crippen molar-refractivity contribution in [2.75, 3.05) is 13.2 Å². The van der Waals surface area contributed by atoms with Crippen molar-refractivity contribution in [3.8, 4) is 5.75 Å². The standard InChI is InChI=1S/C24H28N4O3/c1-4-13-31-21-8-6-5-7-19(21)9-11-25-23(29)22-17(2)10-12-28(24(22)30)16-20-15-26-18(3)14-27-20/h5-8,10,12,14-15H,4,9,11,13,16H2,1-3H3,(H,25,29). The average molecular weight is 421 g/mol. The monoisotopic (exact) mass is 420 g/mol. The molecule has 7 heteroatoms. The van der Waals surface area contributed by atoms with Crippen molar-refractivity contribution < 1.29 is 9.53 Å². The maximum atomic E-state index is 12.9. The number of amides is 1. The Labute approximate surface area is 182 Å². The van der Waals surface area contributed by atoms with Gasteiger partial charge in [0.1, 0.15) is 11.3 Å². The maximum absolute atomic E-state index is 12.9. The van der Waals surface area contributed by atoms with E-state index >= 15 is 0 Å². The van der Waals surface area contributed by atoms with Crippen LogP contribution < -0.4 is 15.6 Å². The third-order valence-corrected chi connectivity index (χ3v) is 4.88. The lowest BCUT2D eigenvalue weighted by Gasteiger charge is -2.13. The molecule has 2 aromatic heterocycles. The van der Waals surface area contributed by atoms with Gasteiger partial charge in [-0.05, 0) is 49.9 Å². The number of pyridine rings is 1. The van der Waals surface area contributed by atoms with Crippen LogP contribution in [0.15, 0.2) is 53.7 Å². The van der Waals surface area contributed by atoms with Crippen molar-refractivity contribution in [3.63, 3.8) is 0 Å². The fourth-order valence-electron chi connectivity index (χ4n) is 3.20. The molecule has 0 fully saturated rings. The molecule has 0 atom stereocenters. The first kappa shape index (κ1) is 22.2. The highest BCUT2D eigenvalue weighted by molar-refractivity contribution is 5.95. The Bertz CT molecular complexity index is 1090. The van der Waals surface area contributed by atoms with Gasteiger partial charge in [0, 0.05) is 18.9 Å². The minimum atomic E-state index is -0.376. The van der Waals surface area contributed by atoms with Crippen LogP contribution in [-0.2, 0) is 13.0 Å². The van der Waals surface area contributed by atoms with Crippen molar-refractivity contribution >= 4 is 5.91 Å². The molecule has 0 aliphatic heterocycles. The van der Waals surface area contributed by atoms with E-state index in [2.05, 4.69) is 22.2 Å². The fourth-order valence-corrected chi connectivity index (χ4v) is 3.20. The van der Waals surface area contributed by atoms with E-state index in [0.717, 1.165) is 23.4 Å². The number of benzene rings is 1. The number of nitrogens with zero attached hydrogens (tertiary/aromatic N) is 3. The molecule has 0 saturated carbocycles. The molecular formula is C24H28N4O3. The molecule has 1 amide bonds. The molecule has 0 bridgehead atoms. The molecule has 0 unspecified atom stereocenters. The number of ether oxygens (including phenoxy) is 1. The minimum Gasteiger partial charge on any atom is -0.493 e. The van der Waals surface area contributed by atoms with Crippen LogP contribution in [0.3, 0.4) is 0 Å². The van der Waals surface area contributed by atoms with E-state index in [1.165, 1.54) is 4.57 Å². The second-order valence-corrected chi connectivity index (χ2v) is 7.42. The number of aromatic nitrogens is 3. The lowest BCUT2D eigenvalue weighted by Crippen LogP contribution is -2.35. The smallest absolute Gasteiger partial charge is 0.264 e. The highest BCUT2D eigenvalue weighted by Gasteiger charge is 2.16. The summed E-state index contributed by atoms with van der Waals surface area (Å²) in [5.41, 5.74) is 2.94. The van der Waals surface area contributed by atoms with E-state index in [0.29, 0.717) is 30.8 Å². The van der Waals surface area contributed by atoms with Gasteiger partial charge in [-0.15, -0.1) is 0 Å². The number of hydrogen-bond acceptors (Lipinski definition) is 5. The van der Waals surface area contributed by atoms with Gasteiger partial charge in [0.15, 0.2) is 0 Å². The zero-order chi connectivity index (χ0) is 22.2. The van der Waals surface area contributed by atoms with Crippen LogP contribution in [0.25, 0.3) is 0 Å². The summed E-state index contributed by atoms with van der Waals surface area (Å²) in [4.78, 5) is 34.2. The fraction of sp³-hybridized carbons (Fsp3) is 0.333. The molecule has 162 valence electrons. The van der Waals surface area contributed by atoms with Crippen LogP contribution in [0.5, 0.6) is 5.75 Å². The van der Waals surface area contributed by atoms with Crippen LogP contribution in [0.4, 0.5) is 0 Å². The molecule has 0 spiro atoms. The van der Waals surface area contributed by atoms with Crippen LogP contribution in [-0.4, -0.2) is 33.6 Å². The zero-order valence-electron chi connectivity index (χ0n) is 18.2. The van der Waals surface area contributed by atoms with E-state index in [-0.39, 0.29) is 23.6 Å². The number of rotatable bonds is 9. The van der Waals surface area contributed by atoms with Crippen molar-refractivity contribution in [3.05, 3.63) is 87.4 Å². The van der Waals surface area contributed by atoms with Crippen LogP contribution in [0.2, 0.25) is 0 Å². The van der Waals surface area contributed by atoms with Gasteiger partial charge in [-0.2, -0.15) is 0 Å². The molecule has 3 aromatic rings. The predicted molar refractivity (Wildman–Crippen MR) is 120 cm³/mol. The maximum Gasteiger partial charge on any atom is 0.264 e. The van der Waals surface area contributed by atoms with Gasteiger partial charge in [-0.3, -0.25) is 19.6 Å². The van der Waals surface area contributed by atoms with E-state index < -0.39 is 0 Å². The van der Waals surface area contributed by atoms with E-state index in [4.69, 9.17) is 4.74 Å². The second-order valence-electron chi connectivity index (χ2n) is 7.42. The lowest BCUT2D eigenvalue weighted by atomic mass is 10.1. The Morgan fingerprint density at radius 1 is 1.13 bits per heavy atom. The Morgan fingerprint density at radius 3 is 2.68 bits per heavy atom. The minimum absolute atomic E-state index is 0.151. The molecule has 0 saturated heterocycles. The normalized spacial score (nSPS) is 10.7. The van der Waals surface area contributed by atoms with Gasteiger partial charge in [0.2, 0.25) is 0 Å². The van der Waals surface area contributed by atoms with Gasteiger partial charge >= 0.3 is 0 Å². The SMILES string of the molecule is CCCOc1ccccc1CCNC(=O)c1c(C)ccn(Cc2cnc(C)cn2)c1=O. The number of para-hydroxylation sites is 1. The summed E-state index contributed by atoms with van der Waals surface area (Å²) in [5.74, 6) is 0.454. The van der Waals surface area contributed by atoms with Crippen molar-refractivity contribution in [2.45, 2.75) is 40.2 Å². The number of carbonyl (C=O) groups is 1. The Hall–Kier alpha value is -3.48. The van der Waals surface area contributed by atoms with Gasteiger partial charge in [0.25, 0.3) is 11.5 Å². The molecule has 0 aliphatic carbocycles. The van der Waals surface area contributed by atoms with Gasteiger partial charge in [-0.1, -0.05) is 25.1 Å². The molecule has 0 aliphatic rings. The van der Waals surface area contributed by atoms with Crippen LogP contribution in [0, 0.1) is 13.8 Å². The van der Waals surface area contributed by atoms with E-state index in [1.54, 1.807) is 31.6 Å². The van der Waals surface area contributed by atoms with E-state index in [1.807, 2.05) is 31.2 Å². The first-order valence-electron chi connectivity index (χ1n) is 10.5. The van der Waals surface area contributed by atoms with Crippen molar-refractivity contribution in [2.24, 2.45) is 0 Å². The molecule has 31 heavy (non-hydrogen) atoms. The highest BCUT2D eigenvalue weighted by atomic mass is 16.5. The van der Waals surface area contributed by atoms with Crippen LogP contribution in [0.1, 0.15) is 46.2 Å². The molecule has 1 N–H and O–H groups in total. The molecule has 3 rings (SSSR count). The zero-order valence-corrected chi connectivity index (χ0v) is 18.2. The summed E-state index contributed by atoms with van der Waals surface area (Å²) in [6, 6.07) is 9.57. The molecule has 1 aromatic carbocycles. The molecule has 0 radical (unpaired) electrons. The summed E-state index contributed by atoms with van der Waals surface area (Å²) >= 11 is 0. The Balaban J connectivity index is 1.69. The molecule has 7 nitrogen and oxygen atoms in total. The molecular weight excluding hydrogens is 392 g/mol. The summed E-state index contributed by atoms with van der Waals surface area (Å²) in [6.45, 7) is 6.99. The quantitative estimate of drug-likeness (QED) is 0.575. The summed E-state index contributed by atoms with van der Waals surface area (Å²) in [6.07, 6.45) is 6.52. The topological polar surface area (TPSA) is 86.1 Å². The first-order chi connectivity index (χ1) is 15.0. The first-order valence-corrected chi connectivity index (χ1v) is 10.5. The largest absolute Gasteiger partial charge is 0.493 e. The lowest BCUT2D eigenvalue weighted by molar-refractivity contribution is 0.0951. The number of nitrogens with one attached hydrogen (secondary N) is 1. The van der Waals surface area contributed by atoms with Gasteiger partial charge in [0.05, 0.1) is 30.7 Å². The average Bonchev–Trinajstić information content (AvgIpc) is 2.76. The summed E-state index contributed by atoms with van der Waals surface area (Å²) in [7, 11) is 0. The van der Waals surface area contributed by atoms with E-state index in [9.17, 15) is 9.59 Å². The Morgan fingerprint density at radius 2 is 1.94 bits per heavy atom. The van der Waals surface area contributed by atoms with Crippen LogP contribution >= 0.6 is 0 Å². The summed E-state index contributed by atoms with van der Waals surface area (Å²) < 4.78 is 7.25. The highest BCUT2D eigenvalue weighted by Crippen LogP contribution is 2.18. The van der Waals surface area contributed by atoms with Crippen molar-refractivity contribution in [1.82, 2.24) is 19.9 Å². The second kappa shape index (κ2) is 10.5. The third-order valence-electron chi connectivity index (χ3n) is 4.88. The van der Waals surface area contributed by atoms with Gasteiger partial charge in [-0.25, -0.2) is 0 Å². The summed E-state index contributed by atoms with van der Waals surface area (Å²) in [5, 5.41) is 2.88.